The van der Waals surface area contributed by atoms with Crippen molar-refractivity contribution >= 4 is 5.91 Å². The molecule has 4 heteroatoms. The molecular weight excluding hydrogens is 338 g/mol. The number of carbonyl (C=O) groups excluding carboxylic acids is 1. The second-order valence-electron chi connectivity index (χ2n) is 8.15. The zero-order chi connectivity index (χ0) is 19.0. The largest absolute Gasteiger partial charge is 0.497 e. The zero-order valence-electron chi connectivity index (χ0n) is 16.0. The van der Waals surface area contributed by atoms with E-state index in [-0.39, 0.29) is 5.91 Å². The molecule has 1 amide bonds. The Hall–Kier alpha value is -2.33. The van der Waals surface area contributed by atoms with Crippen LogP contribution in [0, 0.1) is 18.8 Å². The molecule has 0 bridgehead atoms. The molecule has 1 saturated heterocycles. The Balaban J connectivity index is 1.40. The van der Waals surface area contributed by atoms with Crippen molar-refractivity contribution in [2.24, 2.45) is 11.8 Å². The number of amides is 1. The molecule has 2 aliphatic rings. The monoisotopic (exact) mass is 365 g/mol. The second kappa shape index (κ2) is 7.01. The zero-order valence-corrected chi connectivity index (χ0v) is 16.0. The number of carbonyl (C=O) groups is 1. The molecule has 1 aliphatic heterocycles. The third kappa shape index (κ3) is 3.59. The molecule has 0 radical (unpaired) electrons. The number of benzene rings is 2. The molecule has 4 rings (SSSR count). The second-order valence-corrected chi connectivity index (χ2v) is 8.15. The summed E-state index contributed by atoms with van der Waals surface area (Å²) in [5, 5.41) is 11.2. The van der Waals surface area contributed by atoms with Crippen LogP contribution >= 0.6 is 0 Å². The number of nitrogens with zero attached hydrogens (tertiary/aromatic N) is 1. The van der Waals surface area contributed by atoms with E-state index in [1.807, 2.05) is 41.3 Å². The minimum atomic E-state index is -0.810. The maximum atomic E-state index is 12.7. The van der Waals surface area contributed by atoms with Gasteiger partial charge in [-0.05, 0) is 54.9 Å². The van der Waals surface area contributed by atoms with Gasteiger partial charge in [-0.3, -0.25) is 4.79 Å². The van der Waals surface area contributed by atoms with Crippen LogP contribution in [-0.2, 0) is 16.8 Å². The molecule has 27 heavy (non-hydrogen) atoms. The molecule has 142 valence electrons. The van der Waals surface area contributed by atoms with Gasteiger partial charge in [0.15, 0.2) is 0 Å². The van der Waals surface area contributed by atoms with Crippen LogP contribution in [0.1, 0.15) is 29.5 Å². The first-order chi connectivity index (χ1) is 13.0. The first-order valence-corrected chi connectivity index (χ1v) is 9.67. The lowest BCUT2D eigenvalue weighted by Gasteiger charge is -2.27. The molecule has 3 atom stereocenters. The van der Waals surface area contributed by atoms with E-state index < -0.39 is 5.60 Å². The average Bonchev–Trinajstić information content (AvgIpc) is 3.19. The Kier molecular flexibility index (Phi) is 4.68. The van der Waals surface area contributed by atoms with E-state index in [9.17, 15) is 9.90 Å². The Morgan fingerprint density at radius 1 is 1.15 bits per heavy atom. The molecule has 4 nitrogen and oxygen atoms in total. The number of fused-ring (bicyclic) bond motifs is 1. The van der Waals surface area contributed by atoms with E-state index in [4.69, 9.17) is 4.74 Å². The Morgan fingerprint density at radius 3 is 2.44 bits per heavy atom. The number of methoxy groups -OCH3 is 1. The van der Waals surface area contributed by atoms with E-state index in [2.05, 4.69) is 19.1 Å². The molecule has 0 spiro atoms. The minimum absolute atomic E-state index is 0.193. The van der Waals surface area contributed by atoms with E-state index in [0.29, 0.717) is 31.1 Å². The standard InChI is InChI=1S/C23H27NO3/c1-16-6-8-17(9-7-16)10-22(25)24-14-18-12-23(26,13-19(18)15-24)20-4-3-5-21(11-20)27-2/h3-9,11,18-19,26H,10,12-15H2,1-2H3/t18-,19+,23?. The first-order valence-electron chi connectivity index (χ1n) is 9.67. The van der Waals surface area contributed by atoms with Gasteiger partial charge in [0.2, 0.25) is 5.91 Å². The molecule has 1 saturated carbocycles. The number of aryl methyl sites for hydroxylation is 1. The smallest absolute Gasteiger partial charge is 0.227 e. The summed E-state index contributed by atoms with van der Waals surface area (Å²) < 4.78 is 5.30. The van der Waals surface area contributed by atoms with Crippen LogP contribution in [0.3, 0.4) is 0 Å². The van der Waals surface area contributed by atoms with Gasteiger partial charge in [0.1, 0.15) is 5.75 Å². The summed E-state index contributed by atoms with van der Waals surface area (Å²) in [6.45, 7) is 3.56. The topological polar surface area (TPSA) is 49.8 Å². The summed E-state index contributed by atoms with van der Waals surface area (Å²) in [6.07, 6.45) is 1.87. The summed E-state index contributed by atoms with van der Waals surface area (Å²) in [5.74, 6) is 1.69. The lowest BCUT2D eigenvalue weighted by Crippen LogP contribution is -2.33. The van der Waals surface area contributed by atoms with Gasteiger partial charge < -0.3 is 14.7 Å². The van der Waals surface area contributed by atoms with Gasteiger partial charge in [0.25, 0.3) is 0 Å². The van der Waals surface area contributed by atoms with Crippen molar-refractivity contribution in [1.82, 2.24) is 4.90 Å². The lowest BCUT2D eigenvalue weighted by atomic mass is 9.90. The van der Waals surface area contributed by atoms with Crippen LogP contribution < -0.4 is 4.74 Å². The normalized spacial score (nSPS) is 26.9. The summed E-state index contributed by atoms with van der Waals surface area (Å²) in [6, 6.07) is 15.9. The van der Waals surface area contributed by atoms with Crippen LogP contribution in [-0.4, -0.2) is 36.1 Å². The molecule has 1 unspecified atom stereocenters. The summed E-state index contributed by atoms with van der Waals surface area (Å²) >= 11 is 0. The highest BCUT2D eigenvalue weighted by molar-refractivity contribution is 5.79. The molecule has 2 aromatic carbocycles. The summed E-state index contributed by atoms with van der Waals surface area (Å²) in [5.41, 5.74) is 2.39. The molecule has 2 aromatic rings. The fourth-order valence-corrected chi connectivity index (χ4v) is 4.70. The molecule has 1 N–H and O–H groups in total. The highest BCUT2D eigenvalue weighted by Crippen LogP contribution is 2.49. The highest BCUT2D eigenvalue weighted by Gasteiger charge is 2.49. The first kappa shape index (κ1) is 18.1. The number of hydrogen-bond donors (Lipinski definition) is 1. The lowest BCUT2D eigenvalue weighted by molar-refractivity contribution is -0.130. The number of rotatable bonds is 4. The van der Waals surface area contributed by atoms with Crippen LogP contribution in [0.25, 0.3) is 0 Å². The predicted octanol–water partition coefficient (Wildman–Crippen LogP) is 3.30. The van der Waals surface area contributed by atoms with Crippen LogP contribution in [0.2, 0.25) is 0 Å². The van der Waals surface area contributed by atoms with Gasteiger partial charge in [-0.15, -0.1) is 0 Å². The van der Waals surface area contributed by atoms with Crippen LogP contribution in [0.5, 0.6) is 5.75 Å². The molecule has 1 heterocycles. The fraction of sp³-hybridized carbons (Fsp3) is 0.435. The fourth-order valence-electron chi connectivity index (χ4n) is 4.70. The van der Waals surface area contributed by atoms with Crippen molar-refractivity contribution in [3.63, 3.8) is 0 Å². The van der Waals surface area contributed by atoms with Gasteiger partial charge in [-0.2, -0.15) is 0 Å². The Labute approximate surface area is 160 Å². The van der Waals surface area contributed by atoms with Gasteiger partial charge >= 0.3 is 0 Å². The SMILES string of the molecule is COc1cccc(C2(O)C[C@H]3CN(C(=O)Cc4ccc(C)cc4)C[C@H]3C2)c1. The third-order valence-corrected chi connectivity index (χ3v) is 6.21. The minimum Gasteiger partial charge on any atom is -0.497 e. The van der Waals surface area contributed by atoms with Gasteiger partial charge in [-0.1, -0.05) is 42.0 Å². The van der Waals surface area contributed by atoms with Gasteiger partial charge in [-0.25, -0.2) is 0 Å². The third-order valence-electron chi connectivity index (χ3n) is 6.21. The molecule has 1 aliphatic carbocycles. The van der Waals surface area contributed by atoms with Crippen molar-refractivity contribution in [2.45, 2.75) is 31.8 Å². The number of likely N-dealkylation sites (tertiary alicyclic amines) is 1. The van der Waals surface area contributed by atoms with Crippen LogP contribution in [0.4, 0.5) is 0 Å². The number of hydrogen-bond acceptors (Lipinski definition) is 3. The molecule has 2 fully saturated rings. The Morgan fingerprint density at radius 2 is 1.81 bits per heavy atom. The van der Waals surface area contributed by atoms with Crippen molar-refractivity contribution in [3.8, 4) is 5.75 Å². The quantitative estimate of drug-likeness (QED) is 0.904. The van der Waals surface area contributed by atoms with E-state index in [1.165, 1.54) is 5.56 Å². The van der Waals surface area contributed by atoms with E-state index in [0.717, 1.165) is 30.0 Å². The Bertz CT molecular complexity index is 816. The van der Waals surface area contributed by atoms with Crippen molar-refractivity contribution in [3.05, 3.63) is 65.2 Å². The number of aliphatic hydroxyl groups is 1. The average molecular weight is 365 g/mol. The summed E-state index contributed by atoms with van der Waals surface area (Å²) in [7, 11) is 1.64. The van der Waals surface area contributed by atoms with Crippen molar-refractivity contribution in [2.75, 3.05) is 20.2 Å². The summed E-state index contributed by atoms with van der Waals surface area (Å²) in [4.78, 5) is 14.7. The molecule has 0 aromatic heterocycles. The van der Waals surface area contributed by atoms with Gasteiger partial charge in [0.05, 0.1) is 19.1 Å². The number of ether oxygens (including phenoxy) is 1. The maximum Gasteiger partial charge on any atom is 0.227 e. The highest BCUT2D eigenvalue weighted by atomic mass is 16.5. The predicted molar refractivity (Wildman–Crippen MR) is 105 cm³/mol. The van der Waals surface area contributed by atoms with Crippen molar-refractivity contribution < 1.29 is 14.6 Å². The van der Waals surface area contributed by atoms with Crippen LogP contribution in [0.15, 0.2) is 48.5 Å². The van der Waals surface area contributed by atoms with Crippen molar-refractivity contribution in [1.29, 1.82) is 0 Å². The van der Waals surface area contributed by atoms with Gasteiger partial charge in [0, 0.05) is 13.1 Å². The van der Waals surface area contributed by atoms with E-state index in [1.54, 1.807) is 7.11 Å². The molecular formula is C23H27NO3. The van der Waals surface area contributed by atoms with E-state index >= 15 is 0 Å². The maximum absolute atomic E-state index is 12.7.